The number of fused-ring (bicyclic) bond motifs is 3. The van der Waals surface area contributed by atoms with Crippen molar-refractivity contribution >= 4 is 27.4 Å². The Bertz CT molecular complexity index is 1050. The third-order valence-electron chi connectivity index (χ3n) is 6.04. The van der Waals surface area contributed by atoms with Gasteiger partial charge >= 0.3 is 5.97 Å². The van der Waals surface area contributed by atoms with Gasteiger partial charge in [0.2, 0.25) is 10.0 Å². The molecule has 160 valence electrons. The Kier molecular flexibility index (Phi) is 5.46. The van der Waals surface area contributed by atoms with Crippen LogP contribution in [0.5, 0.6) is 0 Å². The number of aromatic carboxylic acids is 1. The average molecular weight is 430 g/mol. The highest BCUT2D eigenvalue weighted by atomic mass is 32.2. The second kappa shape index (κ2) is 7.92. The summed E-state index contributed by atoms with van der Waals surface area (Å²) in [5, 5.41) is 9.13. The van der Waals surface area contributed by atoms with Crippen LogP contribution in [0.2, 0.25) is 0 Å². The fourth-order valence-corrected chi connectivity index (χ4v) is 5.98. The second-order valence-corrected chi connectivity index (χ2v) is 9.62. The SMILES string of the molecule is CCN(CC)S(=O)(=O)c1ccc2c(c1)N(Cc1ccc(C(=O)O)cc1)[C@H]1CCCN21. The van der Waals surface area contributed by atoms with Crippen molar-refractivity contribution < 1.29 is 18.3 Å². The van der Waals surface area contributed by atoms with Gasteiger partial charge in [-0.05, 0) is 48.7 Å². The molecule has 7 nitrogen and oxygen atoms in total. The summed E-state index contributed by atoms with van der Waals surface area (Å²) in [6.45, 7) is 6.11. The fourth-order valence-electron chi connectivity index (χ4n) is 4.50. The molecule has 0 saturated carbocycles. The smallest absolute Gasteiger partial charge is 0.335 e. The Labute approximate surface area is 177 Å². The van der Waals surface area contributed by atoms with E-state index in [1.807, 2.05) is 32.0 Å². The molecule has 1 N–H and O–H groups in total. The molecule has 2 heterocycles. The maximum absolute atomic E-state index is 13.0. The molecule has 2 aliphatic heterocycles. The first kappa shape index (κ1) is 20.7. The molecule has 4 rings (SSSR count). The Morgan fingerprint density at radius 2 is 1.80 bits per heavy atom. The monoisotopic (exact) mass is 429 g/mol. The van der Waals surface area contributed by atoms with Gasteiger partial charge < -0.3 is 14.9 Å². The number of hydrogen-bond acceptors (Lipinski definition) is 5. The van der Waals surface area contributed by atoms with Gasteiger partial charge in [0.1, 0.15) is 6.17 Å². The van der Waals surface area contributed by atoms with Crippen LogP contribution in [0.4, 0.5) is 11.4 Å². The number of carboxylic acids is 1. The molecule has 0 aliphatic carbocycles. The molecule has 0 bridgehead atoms. The van der Waals surface area contributed by atoms with E-state index in [2.05, 4.69) is 9.80 Å². The quantitative estimate of drug-likeness (QED) is 0.727. The fraction of sp³-hybridized carbons (Fsp3) is 0.409. The van der Waals surface area contributed by atoms with Gasteiger partial charge in [0, 0.05) is 26.2 Å². The summed E-state index contributed by atoms with van der Waals surface area (Å²) in [4.78, 5) is 16.0. The highest BCUT2D eigenvalue weighted by Gasteiger charge is 2.39. The lowest BCUT2D eigenvalue weighted by atomic mass is 10.1. The minimum atomic E-state index is -3.53. The summed E-state index contributed by atoms with van der Waals surface area (Å²) in [6.07, 6.45) is 2.31. The number of hydrogen-bond donors (Lipinski definition) is 1. The van der Waals surface area contributed by atoms with Gasteiger partial charge in [-0.25, -0.2) is 13.2 Å². The molecule has 2 aliphatic rings. The van der Waals surface area contributed by atoms with Crippen molar-refractivity contribution in [1.82, 2.24) is 4.31 Å². The van der Waals surface area contributed by atoms with Crippen molar-refractivity contribution in [2.24, 2.45) is 0 Å². The third-order valence-corrected chi connectivity index (χ3v) is 8.09. The summed E-state index contributed by atoms with van der Waals surface area (Å²) >= 11 is 0. The topological polar surface area (TPSA) is 81.2 Å². The van der Waals surface area contributed by atoms with E-state index in [4.69, 9.17) is 5.11 Å². The molecule has 0 unspecified atom stereocenters. The average Bonchev–Trinajstić information content (AvgIpc) is 3.31. The maximum atomic E-state index is 13.0. The minimum absolute atomic E-state index is 0.200. The summed E-state index contributed by atoms with van der Waals surface area (Å²) in [7, 11) is -3.53. The summed E-state index contributed by atoms with van der Waals surface area (Å²) in [5.41, 5.74) is 3.25. The van der Waals surface area contributed by atoms with Crippen molar-refractivity contribution in [2.75, 3.05) is 29.4 Å². The summed E-state index contributed by atoms with van der Waals surface area (Å²) in [5.74, 6) is -0.943. The van der Waals surface area contributed by atoms with Gasteiger partial charge in [-0.1, -0.05) is 26.0 Å². The molecule has 8 heteroatoms. The lowest BCUT2D eigenvalue weighted by Gasteiger charge is -2.28. The van der Waals surface area contributed by atoms with Gasteiger partial charge in [0.15, 0.2) is 0 Å². The molecular weight excluding hydrogens is 402 g/mol. The maximum Gasteiger partial charge on any atom is 0.335 e. The number of nitrogens with zero attached hydrogens (tertiary/aromatic N) is 3. The summed E-state index contributed by atoms with van der Waals surface area (Å²) in [6, 6.07) is 12.3. The van der Waals surface area contributed by atoms with Gasteiger partial charge in [-0.15, -0.1) is 0 Å². The van der Waals surface area contributed by atoms with E-state index in [-0.39, 0.29) is 11.7 Å². The van der Waals surface area contributed by atoms with Crippen LogP contribution < -0.4 is 9.80 Å². The first-order chi connectivity index (χ1) is 14.4. The van der Waals surface area contributed by atoms with Crippen LogP contribution in [0.3, 0.4) is 0 Å². The van der Waals surface area contributed by atoms with E-state index in [9.17, 15) is 13.2 Å². The van der Waals surface area contributed by atoms with Crippen molar-refractivity contribution in [3.63, 3.8) is 0 Å². The van der Waals surface area contributed by atoms with Crippen LogP contribution in [0.1, 0.15) is 42.6 Å². The largest absolute Gasteiger partial charge is 0.478 e. The minimum Gasteiger partial charge on any atom is -0.478 e. The zero-order valence-electron chi connectivity index (χ0n) is 17.3. The zero-order chi connectivity index (χ0) is 21.5. The Morgan fingerprint density at radius 1 is 1.10 bits per heavy atom. The number of rotatable bonds is 7. The van der Waals surface area contributed by atoms with E-state index in [1.54, 1.807) is 24.3 Å². The summed E-state index contributed by atoms with van der Waals surface area (Å²) < 4.78 is 27.6. The van der Waals surface area contributed by atoms with E-state index >= 15 is 0 Å². The van der Waals surface area contributed by atoms with Crippen molar-refractivity contribution in [3.8, 4) is 0 Å². The van der Waals surface area contributed by atoms with E-state index in [0.29, 0.717) is 24.5 Å². The molecule has 1 saturated heterocycles. The van der Waals surface area contributed by atoms with Crippen LogP contribution >= 0.6 is 0 Å². The highest BCUT2D eigenvalue weighted by Crippen LogP contribution is 2.45. The molecule has 1 atom stereocenters. The van der Waals surface area contributed by atoms with Gasteiger partial charge in [-0.3, -0.25) is 0 Å². The van der Waals surface area contributed by atoms with Crippen molar-refractivity contribution in [3.05, 3.63) is 53.6 Å². The Morgan fingerprint density at radius 3 is 2.43 bits per heavy atom. The van der Waals surface area contributed by atoms with E-state index in [0.717, 1.165) is 36.3 Å². The van der Waals surface area contributed by atoms with Gasteiger partial charge in [-0.2, -0.15) is 4.31 Å². The lowest BCUT2D eigenvalue weighted by molar-refractivity contribution is 0.0697. The standard InChI is InChI=1S/C22H27N3O4S/c1-3-23(4-2)30(28,29)18-11-12-19-20(14-18)25(21-6-5-13-24(19)21)15-16-7-9-17(10-8-16)22(26)27/h7-12,14,21H,3-6,13,15H2,1-2H3,(H,26,27)/t21-/m0/s1. The molecular formula is C22H27N3O4S. The zero-order valence-corrected chi connectivity index (χ0v) is 18.1. The normalized spacial score (nSPS) is 18.0. The van der Waals surface area contributed by atoms with Gasteiger partial charge in [0.05, 0.1) is 21.8 Å². The second-order valence-electron chi connectivity index (χ2n) is 7.69. The molecule has 30 heavy (non-hydrogen) atoms. The first-order valence-corrected chi connectivity index (χ1v) is 11.8. The number of carbonyl (C=O) groups is 1. The van der Waals surface area contributed by atoms with Crippen LogP contribution in [-0.4, -0.2) is 49.6 Å². The number of sulfonamides is 1. The van der Waals surface area contributed by atoms with Crippen molar-refractivity contribution in [2.45, 2.75) is 44.3 Å². The highest BCUT2D eigenvalue weighted by molar-refractivity contribution is 7.89. The number of carboxylic acid groups (broad SMARTS) is 1. The van der Waals surface area contributed by atoms with Crippen LogP contribution in [0.15, 0.2) is 47.4 Å². The van der Waals surface area contributed by atoms with Crippen molar-refractivity contribution in [1.29, 1.82) is 0 Å². The van der Waals surface area contributed by atoms with Gasteiger partial charge in [0.25, 0.3) is 0 Å². The Balaban J connectivity index is 1.70. The first-order valence-electron chi connectivity index (χ1n) is 10.4. The predicted molar refractivity (Wildman–Crippen MR) is 117 cm³/mol. The molecule has 2 aromatic rings. The Hall–Kier alpha value is -2.58. The molecule has 2 aromatic carbocycles. The molecule has 0 amide bonds. The molecule has 0 radical (unpaired) electrons. The van der Waals surface area contributed by atoms with E-state index < -0.39 is 16.0 Å². The van der Waals surface area contributed by atoms with Crippen LogP contribution in [0.25, 0.3) is 0 Å². The molecule has 0 aromatic heterocycles. The van der Waals surface area contributed by atoms with Crippen LogP contribution in [-0.2, 0) is 16.6 Å². The van der Waals surface area contributed by atoms with Crippen LogP contribution in [0, 0.1) is 0 Å². The molecule has 1 fully saturated rings. The number of anilines is 2. The molecule has 0 spiro atoms. The number of benzene rings is 2. The van der Waals surface area contributed by atoms with E-state index in [1.165, 1.54) is 4.31 Å². The lowest BCUT2D eigenvalue weighted by Crippen LogP contribution is -2.38. The third kappa shape index (κ3) is 3.44. The predicted octanol–water partition coefficient (Wildman–Crippen LogP) is 3.36.